The van der Waals surface area contributed by atoms with Crippen LogP contribution < -0.4 is 0 Å². The quantitative estimate of drug-likeness (QED) is 0.591. The van der Waals surface area contributed by atoms with Crippen molar-refractivity contribution in [3.05, 3.63) is 0 Å². The first kappa shape index (κ1) is 16.8. The van der Waals surface area contributed by atoms with Gasteiger partial charge >= 0.3 is 12.3 Å². The van der Waals surface area contributed by atoms with Crippen LogP contribution in [-0.2, 0) is 28.4 Å². The Labute approximate surface area is 127 Å². The zero-order valence-corrected chi connectivity index (χ0v) is 12.3. The van der Waals surface area contributed by atoms with Crippen LogP contribution in [0.2, 0.25) is 0 Å². The molecule has 9 nitrogen and oxygen atoms in total. The molecule has 0 aliphatic carbocycles. The molecular weight excluding hydrogens is 300 g/mol. The Morgan fingerprint density at radius 2 is 1.50 bits per heavy atom. The van der Waals surface area contributed by atoms with Crippen LogP contribution in [0.15, 0.2) is 0 Å². The van der Waals surface area contributed by atoms with Crippen LogP contribution in [-0.4, -0.2) is 75.9 Å². The molecule has 2 rings (SSSR count). The molecule has 0 aromatic carbocycles. The average Bonchev–Trinajstić information content (AvgIpc) is 3.08. The van der Waals surface area contributed by atoms with E-state index in [-0.39, 0.29) is 46.2 Å². The van der Waals surface area contributed by atoms with E-state index in [0.717, 1.165) is 0 Å². The highest BCUT2D eigenvalue weighted by molar-refractivity contribution is 5.62. The molecule has 0 amide bonds. The zero-order chi connectivity index (χ0) is 16.0. The summed E-state index contributed by atoms with van der Waals surface area (Å²) in [4.78, 5) is 21.5. The molecule has 2 atom stereocenters. The normalized spacial score (nSPS) is 26.8. The van der Waals surface area contributed by atoms with Crippen molar-refractivity contribution in [1.82, 2.24) is 0 Å². The van der Waals surface area contributed by atoms with E-state index >= 15 is 0 Å². The molecule has 9 heteroatoms. The Morgan fingerprint density at radius 3 is 1.82 bits per heavy atom. The number of cyclic esters (lactones) is 4. The van der Waals surface area contributed by atoms with Crippen LogP contribution in [0.5, 0.6) is 0 Å². The molecule has 2 aliphatic rings. The van der Waals surface area contributed by atoms with E-state index in [1.807, 2.05) is 0 Å². The number of ether oxygens (including phenoxy) is 6. The SMILES string of the molecule is CC(CO)(COCC1COC(=O)O1)COCC1COC(=O)O1. The molecule has 0 saturated carbocycles. The van der Waals surface area contributed by atoms with E-state index in [1.165, 1.54) is 0 Å². The summed E-state index contributed by atoms with van der Waals surface area (Å²) in [6, 6.07) is 0. The molecule has 2 saturated heterocycles. The Morgan fingerprint density at radius 1 is 1.05 bits per heavy atom. The number of carbonyl (C=O) groups is 2. The molecule has 0 spiro atoms. The largest absolute Gasteiger partial charge is 0.508 e. The lowest BCUT2D eigenvalue weighted by molar-refractivity contribution is -0.0649. The van der Waals surface area contributed by atoms with Crippen molar-refractivity contribution in [3.8, 4) is 0 Å². The maximum Gasteiger partial charge on any atom is 0.508 e. The van der Waals surface area contributed by atoms with Crippen molar-refractivity contribution in [2.45, 2.75) is 19.1 Å². The zero-order valence-electron chi connectivity index (χ0n) is 12.3. The van der Waals surface area contributed by atoms with Gasteiger partial charge in [0.1, 0.15) is 13.2 Å². The summed E-state index contributed by atoms with van der Waals surface area (Å²) in [5.74, 6) is 0. The van der Waals surface area contributed by atoms with Gasteiger partial charge in [0.05, 0.1) is 33.0 Å². The van der Waals surface area contributed by atoms with Gasteiger partial charge in [0.2, 0.25) is 0 Å². The van der Waals surface area contributed by atoms with Crippen LogP contribution in [0.1, 0.15) is 6.92 Å². The average molecular weight is 320 g/mol. The van der Waals surface area contributed by atoms with Gasteiger partial charge in [0.25, 0.3) is 0 Å². The topological polar surface area (TPSA) is 110 Å². The minimum atomic E-state index is -0.699. The third-order valence-corrected chi connectivity index (χ3v) is 3.19. The van der Waals surface area contributed by atoms with E-state index in [0.29, 0.717) is 0 Å². The van der Waals surface area contributed by atoms with Crippen LogP contribution in [0, 0.1) is 5.41 Å². The first-order valence-corrected chi connectivity index (χ1v) is 6.94. The maximum atomic E-state index is 10.8. The van der Waals surface area contributed by atoms with Crippen molar-refractivity contribution < 1.29 is 43.1 Å². The Hall–Kier alpha value is -1.58. The highest BCUT2D eigenvalue weighted by Gasteiger charge is 2.30. The van der Waals surface area contributed by atoms with Gasteiger partial charge in [0.15, 0.2) is 12.2 Å². The molecule has 2 aliphatic heterocycles. The molecule has 2 unspecified atom stereocenters. The number of hydrogen-bond donors (Lipinski definition) is 1. The lowest BCUT2D eigenvalue weighted by atomic mass is 9.94. The van der Waals surface area contributed by atoms with Crippen LogP contribution in [0.25, 0.3) is 0 Å². The second kappa shape index (κ2) is 7.61. The third kappa shape index (κ3) is 5.00. The van der Waals surface area contributed by atoms with E-state index in [9.17, 15) is 14.7 Å². The third-order valence-electron chi connectivity index (χ3n) is 3.19. The van der Waals surface area contributed by atoms with Crippen molar-refractivity contribution in [2.24, 2.45) is 5.41 Å². The first-order chi connectivity index (χ1) is 10.5. The minimum absolute atomic E-state index is 0.144. The first-order valence-electron chi connectivity index (χ1n) is 6.94. The van der Waals surface area contributed by atoms with Gasteiger partial charge in [-0.1, -0.05) is 6.92 Å². The molecule has 0 aromatic rings. The van der Waals surface area contributed by atoms with Crippen molar-refractivity contribution in [1.29, 1.82) is 0 Å². The smallest absolute Gasteiger partial charge is 0.430 e. The molecular formula is C13H20O9. The predicted octanol–water partition coefficient (Wildman–Crippen LogP) is 0.0890. The summed E-state index contributed by atoms with van der Waals surface area (Å²) in [5.41, 5.74) is -0.618. The van der Waals surface area contributed by atoms with Gasteiger partial charge < -0.3 is 33.5 Å². The van der Waals surface area contributed by atoms with Gasteiger partial charge in [0, 0.05) is 5.41 Å². The van der Waals surface area contributed by atoms with Crippen LogP contribution in [0.3, 0.4) is 0 Å². The van der Waals surface area contributed by atoms with E-state index in [1.54, 1.807) is 6.92 Å². The lowest BCUT2D eigenvalue weighted by Crippen LogP contribution is -2.35. The minimum Gasteiger partial charge on any atom is -0.430 e. The van der Waals surface area contributed by atoms with Crippen molar-refractivity contribution >= 4 is 12.3 Å². The number of carbonyl (C=O) groups excluding carboxylic acids is 2. The van der Waals surface area contributed by atoms with Crippen molar-refractivity contribution in [3.63, 3.8) is 0 Å². The Kier molecular flexibility index (Phi) is 5.81. The Balaban J connectivity index is 1.62. The van der Waals surface area contributed by atoms with Crippen LogP contribution in [0.4, 0.5) is 9.59 Å². The molecule has 0 bridgehead atoms. The maximum absolute atomic E-state index is 10.8. The summed E-state index contributed by atoms with van der Waals surface area (Å²) in [6.07, 6.45) is -2.25. The molecule has 22 heavy (non-hydrogen) atoms. The lowest BCUT2D eigenvalue weighted by Gasteiger charge is -2.27. The fourth-order valence-corrected chi connectivity index (χ4v) is 1.90. The van der Waals surface area contributed by atoms with E-state index in [4.69, 9.17) is 18.9 Å². The molecule has 2 fully saturated rings. The number of aliphatic hydroxyl groups excluding tert-OH is 1. The summed E-state index contributed by atoms with van der Waals surface area (Å²) in [6.45, 7) is 2.80. The second-order valence-corrected chi connectivity index (χ2v) is 5.60. The monoisotopic (exact) mass is 320 g/mol. The molecule has 0 radical (unpaired) electrons. The highest BCUT2D eigenvalue weighted by Crippen LogP contribution is 2.18. The number of aliphatic hydroxyl groups is 1. The van der Waals surface area contributed by atoms with Gasteiger partial charge in [-0.25, -0.2) is 9.59 Å². The summed E-state index contributed by atoms with van der Waals surface area (Å²) >= 11 is 0. The standard InChI is InChI=1S/C13H20O9/c1-13(6-14,7-17-2-9-4-19-11(15)21-9)8-18-3-10-5-20-12(16)22-10/h9-10,14H,2-8H2,1H3. The predicted molar refractivity (Wildman–Crippen MR) is 69.3 cm³/mol. The van der Waals surface area contributed by atoms with Crippen molar-refractivity contribution in [2.75, 3.05) is 46.2 Å². The Bertz CT molecular complexity index is 365. The van der Waals surface area contributed by atoms with E-state index < -0.39 is 29.9 Å². The second-order valence-electron chi connectivity index (χ2n) is 5.60. The van der Waals surface area contributed by atoms with E-state index in [2.05, 4.69) is 9.47 Å². The number of rotatable bonds is 9. The fraction of sp³-hybridized carbons (Fsp3) is 0.846. The van der Waals surface area contributed by atoms with Crippen LogP contribution >= 0.6 is 0 Å². The van der Waals surface area contributed by atoms with Gasteiger partial charge in [-0.05, 0) is 0 Å². The number of hydrogen-bond acceptors (Lipinski definition) is 9. The van der Waals surface area contributed by atoms with Gasteiger partial charge in [-0.15, -0.1) is 0 Å². The molecule has 2 heterocycles. The summed E-state index contributed by atoms with van der Waals surface area (Å²) in [7, 11) is 0. The van der Waals surface area contributed by atoms with Gasteiger partial charge in [-0.3, -0.25) is 0 Å². The molecule has 1 N–H and O–H groups in total. The fourth-order valence-electron chi connectivity index (χ4n) is 1.90. The van der Waals surface area contributed by atoms with Gasteiger partial charge in [-0.2, -0.15) is 0 Å². The highest BCUT2D eigenvalue weighted by atomic mass is 16.8. The summed E-state index contributed by atoms with van der Waals surface area (Å²) in [5, 5.41) is 9.47. The molecule has 126 valence electrons. The summed E-state index contributed by atoms with van der Waals surface area (Å²) < 4.78 is 29.8. The molecule has 0 aromatic heterocycles.